The third-order valence-corrected chi connectivity index (χ3v) is 5.54. The Labute approximate surface area is 174 Å². The van der Waals surface area contributed by atoms with E-state index in [1.807, 2.05) is 0 Å². The Bertz CT molecular complexity index is 1270. The molecule has 1 amide bonds. The number of carboxylic acids is 1. The lowest BCUT2D eigenvalue weighted by molar-refractivity contribution is -0.115. The van der Waals surface area contributed by atoms with Gasteiger partial charge in [-0.3, -0.25) is 9.52 Å². The standard InChI is InChI=1S/C19H16F3N3O5S/c1-10-14(9-17(26)24-12-4-2-11(3-5-12)18(27)28)15-8-13(6-7-16(15)23-10)25-31(29,30)19(20,21)22/h2-8,23,25H,9H2,1H3,(H,24,26)(H,27,28). The summed E-state index contributed by atoms with van der Waals surface area (Å²) in [4.78, 5) is 26.3. The van der Waals surface area contributed by atoms with Crippen molar-refractivity contribution in [2.45, 2.75) is 18.9 Å². The van der Waals surface area contributed by atoms with Crippen molar-refractivity contribution in [2.24, 2.45) is 0 Å². The zero-order valence-corrected chi connectivity index (χ0v) is 16.7. The number of amides is 1. The van der Waals surface area contributed by atoms with Gasteiger partial charge in [0.2, 0.25) is 5.91 Å². The number of anilines is 2. The average Bonchev–Trinajstić information content (AvgIpc) is 2.96. The number of fused-ring (bicyclic) bond motifs is 1. The van der Waals surface area contributed by atoms with Crippen LogP contribution >= 0.6 is 0 Å². The Hall–Kier alpha value is -3.54. The van der Waals surface area contributed by atoms with E-state index in [0.29, 0.717) is 27.8 Å². The van der Waals surface area contributed by atoms with Gasteiger partial charge in [0.25, 0.3) is 0 Å². The summed E-state index contributed by atoms with van der Waals surface area (Å²) in [6.45, 7) is 1.67. The molecule has 0 spiro atoms. The molecule has 1 heterocycles. The molecule has 0 atom stereocenters. The number of hydrogen-bond donors (Lipinski definition) is 4. The number of alkyl halides is 3. The highest BCUT2D eigenvalue weighted by atomic mass is 32.2. The molecule has 0 radical (unpaired) electrons. The number of hydrogen-bond acceptors (Lipinski definition) is 4. The number of aromatic carboxylic acids is 1. The lowest BCUT2D eigenvalue weighted by Crippen LogP contribution is -2.29. The number of rotatable bonds is 6. The van der Waals surface area contributed by atoms with Crippen molar-refractivity contribution in [1.29, 1.82) is 0 Å². The Morgan fingerprint density at radius 3 is 2.26 bits per heavy atom. The fourth-order valence-electron chi connectivity index (χ4n) is 2.95. The second-order valence-electron chi connectivity index (χ2n) is 6.65. The first-order chi connectivity index (χ1) is 14.4. The highest BCUT2D eigenvalue weighted by molar-refractivity contribution is 7.93. The van der Waals surface area contributed by atoms with Gasteiger partial charge in [-0.15, -0.1) is 0 Å². The van der Waals surface area contributed by atoms with Crippen molar-refractivity contribution in [2.75, 3.05) is 10.0 Å². The van der Waals surface area contributed by atoms with Crippen LogP contribution < -0.4 is 10.0 Å². The molecule has 0 fully saturated rings. The molecule has 2 aromatic carbocycles. The van der Waals surface area contributed by atoms with E-state index < -0.39 is 27.4 Å². The van der Waals surface area contributed by atoms with E-state index >= 15 is 0 Å². The number of carbonyl (C=O) groups excluding carboxylic acids is 1. The van der Waals surface area contributed by atoms with E-state index in [1.54, 1.807) is 6.92 Å². The van der Waals surface area contributed by atoms with Crippen molar-refractivity contribution in [3.05, 3.63) is 59.3 Å². The number of carboxylic acid groups (broad SMARTS) is 1. The summed E-state index contributed by atoms with van der Waals surface area (Å²) >= 11 is 0. The predicted octanol–water partition coefficient (Wildman–Crippen LogP) is 3.62. The number of halogens is 3. The average molecular weight is 455 g/mol. The Morgan fingerprint density at radius 1 is 1.06 bits per heavy atom. The van der Waals surface area contributed by atoms with Crippen molar-refractivity contribution < 1.29 is 36.3 Å². The highest BCUT2D eigenvalue weighted by Crippen LogP contribution is 2.29. The molecule has 3 aromatic rings. The molecule has 1 aromatic heterocycles. The van der Waals surface area contributed by atoms with E-state index in [-0.39, 0.29) is 17.7 Å². The van der Waals surface area contributed by atoms with Crippen molar-refractivity contribution in [1.82, 2.24) is 4.98 Å². The summed E-state index contributed by atoms with van der Waals surface area (Å²) in [5.74, 6) is -1.56. The zero-order valence-electron chi connectivity index (χ0n) is 15.9. The molecular weight excluding hydrogens is 439 g/mol. The van der Waals surface area contributed by atoms with Crippen LogP contribution in [0.5, 0.6) is 0 Å². The van der Waals surface area contributed by atoms with Gasteiger partial charge in [-0.2, -0.15) is 21.6 Å². The van der Waals surface area contributed by atoms with Gasteiger partial charge in [0.1, 0.15) is 0 Å². The SMILES string of the molecule is Cc1[nH]c2ccc(NS(=O)(=O)C(F)(F)F)cc2c1CC(=O)Nc1ccc(C(=O)O)cc1. The number of benzene rings is 2. The van der Waals surface area contributed by atoms with Crippen LogP contribution in [0.1, 0.15) is 21.6 Å². The largest absolute Gasteiger partial charge is 0.516 e. The summed E-state index contributed by atoms with van der Waals surface area (Å²) in [6.07, 6.45) is -0.151. The molecule has 0 saturated heterocycles. The van der Waals surface area contributed by atoms with Gasteiger partial charge in [-0.25, -0.2) is 4.79 Å². The Balaban J connectivity index is 1.83. The lowest BCUT2D eigenvalue weighted by atomic mass is 10.1. The van der Waals surface area contributed by atoms with Crippen LogP contribution in [-0.4, -0.2) is 35.9 Å². The molecule has 0 saturated carbocycles. The maximum absolute atomic E-state index is 12.6. The number of H-pyrrole nitrogens is 1. The van der Waals surface area contributed by atoms with Crippen LogP contribution in [0, 0.1) is 6.92 Å². The van der Waals surface area contributed by atoms with Gasteiger partial charge in [0.15, 0.2) is 0 Å². The number of nitrogens with one attached hydrogen (secondary N) is 3. The van der Waals surface area contributed by atoms with E-state index in [1.165, 1.54) is 47.2 Å². The quantitative estimate of drug-likeness (QED) is 0.451. The van der Waals surface area contributed by atoms with Gasteiger partial charge >= 0.3 is 21.5 Å². The van der Waals surface area contributed by atoms with Crippen LogP contribution in [-0.2, 0) is 21.2 Å². The van der Waals surface area contributed by atoms with Crippen LogP contribution in [0.2, 0.25) is 0 Å². The molecule has 4 N–H and O–H groups in total. The van der Waals surface area contributed by atoms with E-state index in [0.717, 1.165) is 0 Å². The lowest BCUT2D eigenvalue weighted by Gasteiger charge is -2.11. The molecule has 0 aliphatic heterocycles. The molecular formula is C19H16F3N3O5S. The summed E-state index contributed by atoms with van der Waals surface area (Å²) in [5.41, 5.74) is -3.76. The van der Waals surface area contributed by atoms with Gasteiger partial charge in [0, 0.05) is 28.0 Å². The summed E-state index contributed by atoms with van der Waals surface area (Å²) in [5, 5.41) is 11.9. The molecule has 8 nitrogen and oxygen atoms in total. The van der Waals surface area contributed by atoms with Gasteiger partial charge in [-0.05, 0) is 55.0 Å². The topological polar surface area (TPSA) is 128 Å². The van der Waals surface area contributed by atoms with E-state index in [9.17, 15) is 31.2 Å². The van der Waals surface area contributed by atoms with Crippen molar-refractivity contribution in [3.8, 4) is 0 Å². The number of aromatic amines is 1. The van der Waals surface area contributed by atoms with E-state index in [4.69, 9.17) is 5.11 Å². The van der Waals surface area contributed by atoms with E-state index in [2.05, 4.69) is 10.3 Å². The summed E-state index contributed by atoms with van der Waals surface area (Å²) < 4.78 is 62.0. The molecule has 31 heavy (non-hydrogen) atoms. The predicted molar refractivity (Wildman–Crippen MR) is 107 cm³/mol. The monoisotopic (exact) mass is 455 g/mol. The first-order valence-corrected chi connectivity index (χ1v) is 10.2. The Morgan fingerprint density at radius 2 is 1.68 bits per heavy atom. The first-order valence-electron chi connectivity index (χ1n) is 8.71. The smallest absolute Gasteiger partial charge is 0.478 e. The van der Waals surface area contributed by atoms with Crippen LogP contribution in [0.4, 0.5) is 24.5 Å². The van der Waals surface area contributed by atoms with Crippen molar-refractivity contribution in [3.63, 3.8) is 0 Å². The number of sulfonamides is 1. The number of aromatic nitrogens is 1. The van der Waals surface area contributed by atoms with Crippen LogP contribution in [0.15, 0.2) is 42.5 Å². The maximum atomic E-state index is 12.6. The third-order valence-electron chi connectivity index (χ3n) is 4.43. The number of aryl methyl sites for hydroxylation is 1. The maximum Gasteiger partial charge on any atom is 0.516 e. The van der Waals surface area contributed by atoms with Gasteiger partial charge < -0.3 is 15.4 Å². The summed E-state index contributed by atoms with van der Waals surface area (Å²) in [6, 6.07) is 9.30. The molecule has 12 heteroatoms. The molecule has 0 bridgehead atoms. The molecule has 0 aliphatic carbocycles. The molecule has 0 aliphatic rings. The summed E-state index contributed by atoms with van der Waals surface area (Å²) in [7, 11) is -5.58. The minimum Gasteiger partial charge on any atom is -0.478 e. The highest BCUT2D eigenvalue weighted by Gasteiger charge is 2.46. The molecule has 164 valence electrons. The fourth-order valence-corrected chi connectivity index (χ4v) is 3.50. The molecule has 0 unspecified atom stereocenters. The minimum atomic E-state index is -5.58. The van der Waals surface area contributed by atoms with Gasteiger partial charge in [0.05, 0.1) is 12.0 Å². The van der Waals surface area contributed by atoms with Crippen LogP contribution in [0.3, 0.4) is 0 Å². The third kappa shape index (κ3) is 4.79. The van der Waals surface area contributed by atoms with Crippen molar-refractivity contribution >= 4 is 44.2 Å². The minimum absolute atomic E-state index is 0.0549. The first kappa shape index (κ1) is 22.2. The Kier molecular flexibility index (Phi) is 5.68. The second-order valence-corrected chi connectivity index (χ2v) is 8.32. The number of carbonyl (C=O) groups is 2. The second kappa shape index (κ2) is 7.95. The normalized spacial score (nSPS) is 12.0. The molecule has 3 rings (SSSR count). The van der Waals surface area contributed by atoms with Gasteiger partial charge in [-0.1, -0.05) is 0 Å². The fraction of sp³-hybridized carbons (Fsp3) is 0.158. The van der Waals surface area contributed by atoms with Crippen LogP contribution in [0.25, 0.3) is 10.9 Å². The zero-order chi connectivity index (χ0) is 23.0.